The second-order valence-electron chi connectivity index (χ2n) is 3.42. The molecule has 0 unspecified atom stereocenters. The normalized spacial score (nSPS) is 10.0. The van der Waals surface area contributed by atoms with Gasteiger partial charge in [-0.15, -0.1) is 0 Å². The van der Waals surface area contributed by atoms with Gasteiger partial charge in [-0.1, -0.05) is 18.7 Å². The number of esters is 1. The molecule has 0 aliphatic carbocycles. The maximum Gasteiger partial charge on any atom is 0.330 e. The smallest absolute Gasteiger partial charge is 0.330 e. The van der Waals surface area contributed by atoms with Gasteiger partial charge in [-0.05, 0) is 12.1 Å². The van der Waals surface area contributed by atoms with Crippen molar-refractivity contribution in [3.63, 3.8) is 0 Å². The Morgan fingerprint density at radius 1 is 1.28 bits per heavy atom. The number of carbonyl (C=O) groups is 1. The molecule has 1 aromatic carbocycles. The van der Waals surface area contributed by atoms with Gasteiger partial charge in [0.15, 0.2) is 0 Å². The Hall–Kier alpha value is -2.43. The summed E-state index contributed by atoms with van der Waals surface area (Å²) in [6.45, 7) is 3.67. The molecule has 18 heavy (non-hydrogen) atoms. The number of nitrogens with zero attached hydrogens (tertiary/aromatic N) is 2. The summed E-state index contributed by atoms with van der Waals surface area (Å²) >= 11 is 0. The van der Waals surface area contributed by atoms with Crippen molar-refractivity contribution in [3.8, 4) is 5.88 Å². The van der Waals surface area contributed by atoms with Crippen molar-refractivity contribution in [2.24, 2.45) is 0 Å². The van der Waals surface area contributed by atoms with Crippen molar-refractivity contribution in [2.75, 3.05) is 13.2 Å². The Kier molecular flexibility index (Phi) is 3.86. The monoisotopic (exact) mass is 244 g/mol. The molecule has 5 nitrogen and oxygen atoms in total. The van der Waals surface area contributed by atoms with E-state index in [1.807, 2.05) is 24.3 Å². The van der Waals surface area contributed by atoms with E-state index in [-0.39, 0.29) is 13.2 Å². The fourth-order valence-electron chi connectivity index (χ4n) is 1.36. The summed E-state index contributed by atoms with van der Waals surface area (Å²) in [5.74, 6) is -0.0634. The highest BCUT2D eigenvalue weighted by atomic mass is 16.6. The third-order valence-corrected chi connectivity index (χ3v) is 2.17. The highest BCUT2D eigenvalue weighted by Crippen LogP contribution is 2.12. The van der Waals surface area contributed by atoms with Crippen LogP contribution in [0.4, 0.5) is 0 Å². The molecule has 1 heterocycles. The largest absolute Gasteiger partial charge is 0.473 e. The standard InChI is InChI=1S/C13H12N2O3/c1-2-13(16)18-8-7-17-12-9-14-10-5-3-4-6-11(10)15-12/h2-6,9H,1,7-8H2. The molecule has 0 saturated heterocycles. The first-order valence-corrected chi connectivity index (χ1v) is 5.43. The van der Waals surface area contributed by atoms with Crippen molar-refractivity contribution in [1.82, 2.24) is 9.97 Å². The third kappa shape index (κ3) is 3.04. The number of ether oxygens (including phenoxy) is 2. The van der Waals surface area contributed by atoms with Gasteiger partial charge in [0.2, 0.25) is 5.88 Å². The first kappa shape index (κ1) is 12.0. The van der Waals surface area contributed by atoms with Crippen molar-refractivity contribution >= 4 is 17.0 Å². The molecule has 0 radical (unpaired) electrons. The lowest BCUT2D eigenvalue weighted by Gasteiger charge is -2.05. The average molecular weight is 244 g/mol. The summed E-state index contributed by atoms with van der Waals surface area (Å²) < 4.78 is 10.1. The van der Waals surface area contributed by atoms with Crippen molar-refractivity contribution in [1.29, 1.82) is 0 Å². The number of hydrogen-bond donors (Lipinski definition) is 0. The van der Waals surface area contributed by atoms with Crippen LogP contribution in [-0.4, -0.2) is 29.2 Å². The van der Waals surface area contributed by atoms with Crippen LogP contribution in [-0.2, 0) is 9.53 Å². The van der Waals surface area contributed by atoms with Crippen molar-refractivity contribution < 1.29 is 14.3 Å². The van der Waals surface area contributed by atoms with Crippen LogP contribution in [0.15, 0.2) is 43.1 Å². The minimum Gasteiger partial charge on any atom is -0.473 e. The minimum absolute atomic E-state index is 0.152. The summed E-state index contributed by atoms with van der Waals surface area (Å²) in [6.07, 6.45) is 2.65. The van der Waals surface area contributed by atoms with E-state index in [2.05, 4.69) is 16.5 Å². The molecule has 0 aliphatic rings. The van der Waals surface area contributed by atoms with Gasteiger partial charge in [0, 0.05) is 6.08 Å². The summed E-state index contributed by atoms with van der Waals surface area (Å²) in [6, 6.07) is 7.50. The number of rotatable bonds is 5. The van der Waals surface area contributed by atoms with E-state index < -0.39 is 5.97 Å². The summed E-state index contributed by atoms with van der Waals surface area (Å²) in [4.78, 5) is 19.2. The first-order valence-electron chi connectivity index (χ1n) is 5.43. The lowest BCUT2D eigenvalue weighted by atomic mass is 10.3. The molecule has 92 valence electrons. The topological polar surface area (TPSA) is 61.3 Å². The van der Waals surface area contributed by atoms with Gasteiger partial charge in [0.05, 0.1) is 17.2 Å². The lowest BCUT2D eigenvalue weighted by Crippen LogP contribution is -2.10. The minimum atomic E-state index is -0.469. The number of benzene rings is 1. The Morgan fingerprint density at radius 3 is 2.83 bits per heavy atom. The van der Waals surface area contributed by atoms with Gasteiger partial charge in [-0.3, -0.25) is 0 Å². The van der Waals surface area contributed by atoms with E-state index in [1.54, 1.807) is 0 Å². The zero-order valence-electron chi connectivity index (χ0n) is 9.70. The van der Waals surface area contributed by atoms with Gasteiger partial charge in [0.25, 0.3) is 0 Å². The van der Waals surface area contributed by atoms with Gasteiger partial charge in [-0.25, -0.2) is 14.8 Å². The number of fused-ring (bicyclic) bond motifs is 1. The highest BCUT2D eigenvalue weighted by Gasteiger charge is 2.00. The molecule has 5 heteroatoms. The maximum atomic E-state index is 10.8. The predicted octanol–water partition coefficient (Wildman–Crippen LogP) is 1.74. The number of para-hydroxylation sites is 2. The molecule has 2 rings (SSSR count). The Balaban J connectivity index is 1.91. The second-order valence-corrected chi connectivity index (χ2v) is 3.42. The summed E-state index contributed by atoms with van der Waals surface area (Å²) in [7, 11) is 0. The van der Waals surface area contributed by atoms with Crippen LogP contribution in [0.25, 0.3) is 11.0 Å². The Labute approximate surface area is 104 Å². The molecule has 0 bridgehead atoms. The van der Waals surface area contributed by atoms with Gasteiger partial charge < -0.3 is 9.47 Å². The van der Waals surface area contributed by atoms with Crippen LogP contribution in [0.5, 0.6) is 5.88 Å². The van der Waals surface area contributed by atoms with Gasteiger partial charge >= 0.3 is 5.97 Å². The quantitative estimate of drug-likeness (QED) is 0.455. The van der Waals surface area contributed by atoms with Gasteiger partial charge in [-0.2, -0.15) is 0 Å². The number of carbonyl (C=O) groups excluding carboxylic acids is 1. The summed E-state index contributed by atoms with van der Waals surface area (Å²) in [5.41, 5.74) is 1.57. The molecule has 0 N–H and O–H groups in total. The average Bonchev–Trinajstić information content (AvgIpc) is 2.43. The van der Waals surface area contributed by atoms with Crippen LogP contribution in [0.2, 0.25) is 0 Å². The third-order valence-electron chi connectivity index (χ3n) is 2.17. The van der Waals surface area contributed by atoms with Crippen molar-refractivity contribution in [2.45, 2.75) is 0 Å². The molecule has 0 aliphatic heterocycles. The highest BCUT2D eigenvalue weighted by molar-refractivity contribution is 5.81. The molecular weight excluding hydrogens is 232 g/mol. The number of aromatic nitrogens is 2. The molecule has 0 atom stereocenters. The van der Waals surface area contributed by atoms with Crippen LogP contribution in [0.3, 0.4) is 0 Å². The summed E-state index contributed by atoms with van der Waals surface area (Å²) in [5, 5.41) is 0. The fourth-order valence-corrected chi connectivity index (χ4v) is 1.36. The zero-order chi connectivity index (χ0) is 12.8. The van der Waals surface area contributed by atoms with E-state index in [4.69, 9.17) is 9.47 Å². The first-order chi connectivity index (χ1) is 8.79. The molecular formula is C13H12N2O3. The van der Waals surface area contributed by atoms with E-state index in [0.717, 1.165) is 17.1 Å². The molecule has 0 spiro atoms. The van der Waals surface area contributed by atoms with Gasteiger partial charge in [0.1, 0.15) is 13.2 Å². The Bertz CT molecular complexity index is 569. The lowest BCUT2D eigenvalue weighted by molar-refractivity contribution is -0.138. The maximum absolute atomic E-state index is 10.8. The Morgan fingerprint density at radius 2 is 2.06 bits per heavy atom. The van der Waals surface area contributed by atoms with Crippen LogP contribution in [0.1, 0.15) is 0 Å². The molecule has 0 saturated carbocycles. The van der Waals surface area contributed by atoms with E-state index in [0.29, 0.717) is 5.88 Å². The fraction of sp³-hybridized carbons (Fsp3) is 0.154. The molecule has 0 fully saturated rings. The molecule has 1 aromatic heterocycles. The SMILES string of the molecule is C=CC(=O)OCCOc1cnc2ccccc2n1. The van der Waals surface area contributed by atoms with E-state index in [1.165, 1.54) is 6.20 Å². The predicted molar refractivity (Wildman–Crippen MR) is 66.2 cm³/mol. The van der Waals surface area contributed by atoms with Crippen LogP contribution < -0.4 is 4.74 Å². The second kappa shape index (κ2) is 5.77. The van der Waals surface area contributed by atoms with Crippen molar-refractivity contribution in [3.05, 3.63) is 43.1 Å². The van der Waals surface area contributed by atoms with E-state index in [9.17, 15) is 4.79 Å². The zero-order valence-corrected chi connectivity index (χ0v) is 9.70. The van der Waals surface area contributed by atoms with Crippen LogP contribution >= 0.6 is 0 Å². The molecule has 0 amide bonds. The number of hydrogen-bond acceptors (Lipinski definition) is 5. The van der Waals surface area contributed by atoms with Crippen LogP contribution in [0, 0.1) is 0 Å². The van der Waals surface area contributed by atoms with E-state index >= 15 is 0 Å². The molecule has 2 aromatic rings.